The first kappa shape index (κ1) is 18.8. The van der Waals surface area contributed by atoms with Crippen molar-refractivity contribution in [3.05, 3.63) is 82.0 Å². The van der Waals surface area contributed by atoms with Crippen LogP contribution in [0.2, 0.25) is 5.02 Å². The molecule has 4 nitrogen and oxygen atoms in total. The second-order valence-electron chi connectivity index (χ2n) is 5.52. The summed E-state index contributed by atoms with van der Waals surface area (Å²) in [5, 5.41) is 13.9. The largest absolute Gasteiger partial charge is 0.478 e. The van der Waals surface area contributed by atoms with Crippen LogP contribution in [0.15, 0.2) is 65.8 Å². The number of halogens is 2. The number of thiophene rings is 1. The average Bonchev–Trinajstić information content (AvgIpc) is 3.07. The smallest absolute Gasteiger partial charge is 0.339 e. The number of carboxylic acid groups (broad SMARTS) is 1. The molecule has 0 radical (unpaired) electrons. The first-order chi connectivity index (χ1) is 13.0. The summed E-state index contributed by atoms with van der Waals surface area (Å²) in [6, 6.07) is 15.2. The normalized spacial score (nSPS) is 11.3. The van der Waals surface area contributed by atoms with E-state index in [1.165, 1.54) is 5.38 Å². The fourth-order valence-corrected chi connectivity index (χ4v) is 3.54. The highest BCUT2D eigenvalue weighted by Crippen LogP contribution is 2.36. The molecule has 0 fully saturated rings. The van der Waals surface area contributed by atoms with E-state index in [-0.39, 0.29) is 11.3 Å². The van der Waals surface area contributed by atoms with Gasteiger partial charge >= 0.3 is 5.97 Å². The summed E-state index contributed by atoms with van der Waals surface area (Å²) in [4.78, 5) is 24.3. The monoisotopic (exact) mass is 401 g/mol. The molecule has 136 valence electrons. The molecule has 0 aliphatic heterocycles. The average molecular weight is 402 g/mol. The van der Waals surface area contributed by atoms with Gasteiger partial charge in [-0.3, -0.25) is 4.79 Å². The minimum atomic E-state index is -1.22. The summed E-state index contributed by atoms with van der Waals surface area (Å²) in [7, 11) is 0. The first-order valence-electron chi connectivity index (χ1n) is 7.80. The minimum Gasteiger partial charge on any atom is -0.478 e. The van der Waals surface area contributed by atoms with Crippen LogP contribution < -0.4 is 5.32 Å². The van der Waals surface area contributed by atoms with Gasteiger partial charge in [-0.1, -0.05) is 54.1 Å². The number of nitrogens with one attached hydrogen (secondary N) is 1. The second-order valence-corrected chi connectivity index (χ2v) is 6.84. The van der Waals surface area contributed by atoms with Crippen LogP contribution in [0.3, 0.4) is 0 Å². The van der Waals surface area contributed by atoms with Crippen molar-refractivity contribution in [3.63, 3.8) is 0 Å². The van der Waals surface area contributed by atoms with E-state index in [0.717, 1.165) is 17.4 Å². The third-order valence-electron chi connectivity index (χ3n) is 3.67. The molecular weight excluding hydrogens is 389 g/mol. The van der Waals surface area contributed by atoms with Crippen molar-refractivity contribution in [2.45, 2.75) is 0 Å². The molecule has 0 saturated carbocycles. The Kier molecular flexibility index (Phi) is 5.69. The second kappa shape index (κ2) is 8.16. The van der Waals surface area contributed by atoms with Crippen LogP contribution in [0, 0.1) is 0 Å². The Bertz CT molecular complexity index is 1010. The van der Waals surface area contributed by atoms with Gasteiger partial charge in [-0.15, -0.1) is 11.3 Å². The minimum absolute atomic E-state index is 0.0408. The molecule has 0 unspecified atom stereocenters. The molecule has 7 heteroatoms. The van der Waals surface area contributed by atoms with E-state index in [2.05, 4.69) is 5.32 Å². The predicted octanol–water partition coefficient (Wildman–Crippen LogP) is 5.72. The Morgan fingerprint density at radius 1 is 1.07 bits per heavy atom. The van der Waals surface area contributed by atoms with Crippen LogP contribution >= 0.6 is 22.9 Å². The van der Waals surface area contributed by atoms with E-state index >= 15 is 0 Å². The molecule has 2 N–H and O–H groups in total. The lowest BCUT2D eigenvalue weighted by atomic mass is 10.1. The van der Waals surface area contributed by atoms with Gasteiger partial charge < -0.3 is 10.4 Å². The molecule has 0 aliphatic carbocycles. The number of anilines is 1. The fourth-order valence-electron chi connectivity index (χ4n) is 2.42. The molecule has 2 aromatic carbocycles. The number of hydrogen-bond acceptors (Lipinski definition) is 3. The van der Waals surface area contributed by atoms with Gasteiger partial charge in [0.2, 0.25) is 0 Å². The summed E-state index contributed by atoms with van der Waals surface area (Å²) < 4.78 is 14.2. The number of carbonyl (C=O) groups is 2. The number of benzene rings is 2. The summed E-state index contributed by atoms with van der Waals surface area (Å²) in [6.07, 6.45) is 1.09. The quantitative estimate of drug-likeness (QED) is 0.537. The molecule has 27 heavy (non-hydrogen) atoms. The maximum Gasteiger partial charge on any atom is 0.339 e. The molecule has 3 rings (SSSR count). The number of carbonyl (C=O) groups excluding carboxylic acids is 1. The van der Waals surface area contributed by atoms with Crippen LogP contribution in [-0.4, -0.2) is 17.0 Å². The third kappa shape index (κ3) is 4.42. The van der Waals surface area contributed by atoms with E-state index in [1.54, 1.807) is 54.6 Å². The maximum atomic E-state index is 14.2. The highest BCUT2D eigenvalue weighted by atomic mass is 35.5. The van der Waals surface area contributed by atoms with Crippen molar-refractivity contribution < 1.29 is 19.1 Å². The van der Waals surface area contributed by atoms with Crippen LogP contribution in [0.4, 0.5) is 10.1 Å². The summed E-state index contributed by atoms with van der Waals surface area (Å²) >= 11 is 7.00. The lowest BCUT2D eigenvalue weighted by Gasteiger charge is -2.05. The molecule has 0 atom stereocenters. The highest BCUT2D eigenvalue weighted by molar-refractivity contribution is 7.14. The van der Waals surface area contributed by atoms with Gasteiger partial charge in [0.25, 0.3) is 5.91 Å². The molecule has 0 bridgehead atoms. The molecule has 1 heterocycles. The van der Waals surface area contributed by atoms with Crippen molar-refractivity contribution in [3.8, 4) is 10.4 Å². The van der Waals surface area contributed by atoms with Crippen molar-refractivity contribution in [1.82, 2.24) is 0 Å². The molecule has 0 spiro atoms. The van der Waals surface area contributed by atoms with Crippen LogP contribution in [0.1, 0.15) is 15.9 Å². The van der Waals surface area contributed by atoms with E-state index in [1.807, 2.05) is 0 Å². The zero-order valence-corrected chi connectivity index (χ0v) is 15.4. The molecule has 1 aromatic heterocycles. The van der Waals surface area contributed by atoms with Crippen LogP contribution in [0.25, 0.3) is 16.5 Å². The summed E-state index contributed by atoms with van der Waals surface area (Å²) in [5.74, 6) is -3.25. The number of carboxylic acids is 1. The van der Waals surface area contributed by atoms with Crippen molar-refractivity contribution in [2.24, 2.45) is 0 Å². The maximum absolute atomic E-state index is 14.2. The molecule has 0 saturated heterocycles. The fraction of sp³-hybridized carbons (Fsp3) is 0. The Balaban J connectivity index is 1.89. The Labute approximate surface area is 163 Å². The van der Waals surface area contributed by atoms with E-state index in [9.17, 15) is 19.1 Å². The lowest BCUT2D eigenvalue weighted by Crippen LogP contribution is -2.14. The van der Waals surface area contributed by atoms with E-state index in [4.69, 9.17) is 11.6 Å². The zero-order chi connectivity index (χ0) is 19.4. The van der Waals surface area contributed by atoms with Gasteiger partial charge in [0, 0.05) is 10.4 Å². The Hall–Kier alpha value is -2.96. The Morgan fingerprint density at radius 2 is 1.74 bits per heavy atom. The van der Waals surface area contributed by atoms with Crippen molar-refractivity contribution in [2.75, 3.05) is 5.32 Å². The number of amides is 1. The van der Waals surface area contributed by atoms with Crippen molar-refractivity contribution in [1.29, 1.82) is 0 Å². The van der Waals surface area contributed by atoms with E-state index in [0.29, 0.717) is 21.0 Å². The number of hydrogen-bond donors (Lipinski definition) is 2. The molecule has 3 aromatic rings. The summed E-state index contributed by atoms with van der Waals surface area (Å²) in [6.45, 7) is 0. The van der Waals surface area contributed by atoms with Gasteiger partial charge in [0.15, 0.2) is 5.83 Å². The zero-order valence-electron chi connectivity index (χ0n) is 13.8. The predicted molar refractivity (Wildman–Crippen MR) is 106 cm³/mol. The van der Waals surface area contributed by atoms with Crippen LogP contribution in [0.5, 0.6) is 0 Å². The van der Waals surface area contributed by atoms with Gasteiger partial charge in [-0.2, -0.15) is 0 Å². The lowest BCUT2D eigenvalue weighted by molar-refractivity contribution is -0.114. The SMILES string of the molecule is O=C(Nc1csc(-c2ccc(Cl)cc2)c1C(=O)O)C(F)=Cc1ccccc1. The van der Waals surface area contributed by atoms with Gasteiger partial charge in [0.1, 0.15) is 5.56 Å². The third-order valence-corrected chi connectivity index (χ3v) is 4.95. The highest BCUT2D eigenvalue weighted by Gasteiger charge is 2.22. The van der Waals surface area contributed by atoms with E-state index < -0.39 is 17.7 Å². The molecule has 0 aliphatic rings. The number of rotatable bonds is 5. The van der Waals surface area contributed by atoms with Gasteiger partial charge in [-0.25, -0.2) is 9.18 Å². The Morgan fingerprint density at radius 3 is 2.37 bits per heavy atom. The summed E-state index contributed by atoms with van der Waals surface area (Å²) in [5.41, 5.74) is 1.11. The van der Waals surface area contributed by atoms with Crippen molar-refractivity contribution >= 4 is 46.6 Å². The standard InChI is InChI=1S/C20H13ClFNO3S/c21-14-8-6-13(7-9-14)18-17(20(25)26)16(11-27-18)23-19(24)15(22)10-12-4-2-1-3-5-12/h1-11H,(H,23,24)(H,25,26). The first-order valence-corrected chi connectivity index (χ1v) is 9.06. The van der Waals surface area contributed by atoms with Crippen LogP contribution in [-0.2, 0) is 4.79 Å². The molecular formula is C20H13ClFNO3S. The number of aromatic carboxylic acids is 1. The van der Waals surface area contributed by atoms with Gasteiger partial charge in [0.05, 0.1) is 10.6 Å². The topological polar surface area (TPSA) is 66.4 Å². The molecule has 1 amide bonds. The van der Waals surface area contributed by atoms with Gasteiger partial charge in [-0.05, 0) is 29.3 Å².